The second-order valence-electron chi connectivity index (χ2n) is 16.2. The number of phosphoric ester groups is 1. The zero-order valence-corrected chi connectivity index (χ0v) is 36.8. The van der Waals surface area contributed by atoms with Crippen LogP contribution in [-0.2, 0) is 28.2 Å². The molecule has 0 aliphatic heterocycles. The number of hydrogen-bond donors (Lipinski definition) is 2. The van der Waals surface area contributed by atoms with Crippen LogP contribution in [0.4, 0.5) is 0 Å². The van der Waals surface area contributed by atoms with Gasteiger partial charge in [-0.3, -0.25) is 14.1 Å². The van der Waals surface area contributed by atoms with Crippen molar-refractivity contribution < 1.29 is 37.9 Å². The van der Waals surface area contributed by atoms with E-state index in [1.165, 1.54) is 186 Å². The molecule has 0 radical (unpaired) electrons. The zero-order valence-electron chi connectivity index (χ0n) is 35.9. The van der Waals surface area contributed by atoms with Crippen molar-refractivity contribution in [3.8, 4) is 0 Å². The van der Waals surface area contributed by atoms with Crippen LogP contribution in [0, 0.1) is 0 Å². The number of carbonyl (C=O) groups is 2. The first-order valence-electron chi connectivity index (χ1n) is 23.4. The van der Waals surface area contributed by atoms with Gasteiger partial charge in [0, 0.05) is 12.8 Å². The second-order valence-corrected chi connectivity index (χ2v) is 17.4. The topological polar surface area (TPSA) is 119 Å². The van der Waals surface area contributed by atoms with E-state index in [2.05, 4.69) is 18.0 Å². The van der Waals surface area contributed by atoms with Gasteiger partial charge in [-0.25, -0.2) is 4.57 Å². The van der Waals surface area contributed by atoms with E-state index in [9.17, 15) is 14.2 Å². The van der Waals surface area contributed by atoms with E-state index in [1.54, 1.807) is 0 Å². The molecule has 0 spiro atoms. The Hall–Kier alpha value is -1.21. The van der Waals surface area contributed by atoms with Gasteiger partial charge in [0.15, 0.2) is 6.10 Å². The van der Waals surface area contributed by atoms with Crippen LogP contribution in [0.3, 0.4) is 0 Å². The average molecular weight is 801 g/mol. The molecule has 0 saturated heterocycles. The van der Waals surface area contributed by atoms with E-state index in [4.69, 9.17) is 19.3 Å². The number of unbranched alkanes of at least 4 members (excludes halogenated alkanes) is 34. The summed E-state index contributed by atoms with van der Waals surface area (Å²) in [4.78, 5) is 43.0. The SMILES string of the molecule is C=CCCCCCCCCCCCCCCCC(=O)OC[C@H](COP(=O)(O)O)OC(=O)CCCCCCCCCCCCCCCCCCCCCCCC. The van der Waals surface area contributed by atoms with Crippen LogP contribution in [0.5, 0.6) is 0 Å². The number of allylic oxidation sites excluding steroid dienone is 1. The first-order chi connectivity index (χ1) is 26.8. The fourth-order valence-electron chi connectivity index (χ4n) is 7.18. The number of ether oxygens (including phenoxy) is 2. The molecular formula is C46H89O8P. The summed E-state index contributed by atoms with van der Waals surface area (Å²) >= 11 is 0. The molecular weight excluding hydrogens is 711 g/mol. The summed E-state index contributed by atoms with van der Waals surface area (Å²) < 4.78 is 26.5. The molecule has 0 rings (SSSR count). The second kappa shape index (κ2) is 42.4. The molecule has 0 aromatic carbocycles. The minimum absolute atomic E-state index is 0.218. The van der Waals surface area contributed by atoms with Gasteiger partial charge in [0.2, 0.25) is 0 Å². The highest BCUT2D eigenvalue weighted by Gasteiger charge is 2.23. The highest BCUT2D eigenvalue weighted by molar-refractivity contribution is 7.46. The quantitative estimate of drug-likeness (QED) is 0.0270. The molecule has 0 unspecified atom stereocenters. The van der Waals surface area contributed by atoms with Crippen LogP contribution in [0.1, 0.15) is 251 Å². The first kappa shape index (κ1) is 53.8. The summed E-state index contributed by atoms with van der Waals surface area (Å²) in [6, 6.07) is 0. The molecule has 0 aromatic rings. The van der Waals surface area contributed by atoms with Gasteiger partial charge in [0.25, 0.3) is 0 Å². The predicted octanol–water partition coefficient (Wildman–Crippen LogP) is 14.6. The molecule has 0 saturated carbocycles. The van der Waals surface area contributed by atoms with Crippen molar-refractivity contribution in [3.05, 3.63) is 12.7 Å². The summed E-state index contributed by atoms with van der Waals surface area (Å²) in [5.74, 6) is -0.871. The number of hydrogen-bond acceptors (Lipinski definition) is 6. The van der Waals surface area contributed by atoms with Gasteiger partial charge in [0.1, 0.15) is 6.61 Å². The van der Waals surface area contributed by atoms with Gasteiger partial charge >= 0.3 is 19.8 Å². The van der Waals surface area contributed by atoms with Crippen molar-refractivity contribution in [3.63, 3.8) is 0 Å². The Morgan fingerprint density at radius 3 is 1.13 bits per heavy atom. The Bertz CT molecular complexity index is 891. The lowest BCUT2D eigenvalue weighted by Crippen LogP contribution is -2.29. The number of carbonyl (C=O) groups excluding carboxylic acids is 2. The van der Waals surface area contributed by atoms with Crippen LogP contribution >= 0.6 is 7.82 Å². The van der Waals surface area contributed by atoms with Crippen LogP contribution in [0.25, 0.3) is 0 Å². The fourth-order valence-corrected chi connectivity index (χ4v) is 7.54. The Balaban J connectivity index is 3.78. The van der Waals surface area contributed by atoms with E-state index in [1.807, 2.05) is 6.08 Å². The van der Waals surface area contributed by atoms with Crippen LogP contribution in [0.2, 0.25) is 0 Å². The maximum absolute atomic E-state index is 12.4. The van der Waals surface area contributed by atoms with E-state index in [-0.39, 0.29) is 19.4 Å². The van der Waals surface area contributed by atoms with Gasteiger partial charge in [-0.05, 0) is 25.7 Å². The van der Waals surface area contributed by atoms with Crippen LogP contribution < -0.4 is 0 Å². The molecule has 0 aliphatic carbocycles. The maximum Gasteiger partial charge on any atom is 0.469 e. The van der Waals surface area contributed by atoms with Crippen molar-refractivity contribution in [1.82, 2.24) is 0 Å². The van der Waals surface area contributed by atoms with E-state index >= 15 is 0 Å². The van der Waals surface area contributed by atoms with E-state index in [0.717, 1.165) is 38.5 Å². The smallest absolute Gasteiger partial charge is 0.462 e. The minimum Gasteiger partial charge on any atom is -0.462 e. The normalized spacial score (nSPS) is 12.2. The van der Waals surface area contributed by atoms with Crippen molar-refractivity contribution in [2.45, 2.75) is 257 Å². The largest absolute Gasteiger partial charge is 0.469 e. The highest BCUT2D eigenvalue weighted by atomic mass is 31.2. The lowest BCUT2D eigenvalue weighted by atomic mass is 10.0. The average Bonchev–Trinajstić information content (AvgIpc) is 3.16. The Morgan fingerprint density at radius 1 is 0.491 bits per heavy atom. The maximum atomic E-state index is 12.4. The molecule has 0 heterocycles. The molecule has 326 valence electrons. The molecule has 8 nitrogen and oxygen atoms in total. The van der Waals surface area contributed by atoms with Crippen LogP contribution in [0.15, 0.2) is 12.7 Å². The molecule has 55 heavy (non-hydrogen) atoms. The standard InChI is InChI=1S/C46H89O8P/c1-3-5-7-9-11-13-15-17-19-20-21-22-23-24-25-27-29-31-33-35-37-39-41-46(48)54-44(43-53-55(49,50)51)42-52-45(47)40-38-36-34-32-30-28-26-18-16-14-12-10-8-6-4-2/h4,44H,2-3,5-43H2,1H3,(H2,49,50,51)/t44-/m1/s1. The fraction of sp³-hybridized carbons (Fsp3) is 0.913. The Labute approximate surface area is 339 Å². The van der Waals surface area contributed by atoms with Gasteiger partial charge in [-0.15, -0.1) is 6.58 Å². The molecule has 9 heteroatoms. The summed E-state index contributed by atoms with van der Waals surface area (Å²) in [5, 5.41) is 0. The van der Waals surface area contributed by atoms with Gasteiger partial charge in [-0.2, -0.15) is 0 Å². The zero-order chi connectivity index (χ0) is 40.3. The molecule has 1 atom stereocenters. The number of esters is 2. The lowest BCUT2D eigenvalue weighted by Gasteiger charge is -2.18. The van der Waals surface area contributed by atoms with E-state index in [0.29, 0.717) is 6.42 Å². The number of rotatable bonds is 45. The van der Waals surface area contributed by atoms with Crippen molar-refractivity contribution in [1.29, 1.82) is 0 Å². The Kier molecular flexibility index (Phi) is 41.5. The molecule has 2 N–H and O–H groups in total. The third-order valence-electron chi connectivity index (χ3n) is 10.7. The lowest BCUT2D eigenvalue weighted by molar-refractivity contribution is -0.161. The van der Waals surface area contributed by atoms with Crippen molar-refractivity contribution >= 4 is 19.8 Å². The van der Waals surface area contributed by atoms with Gasteiger partial charge < -0.3 is 19.3 Å². The molecule has 0 aliphatic rings. The molecule has 0 amide bonds. The summed E-state index contributed by atoms with van der Waals surface area (Å²) in [6.07, 6.45) is 46.9. The third kappa shape index (κ3) is 45.4. The summed E-state index contributed by atoms with van der Waals surface area (Å²) in [7, 11) is -4.75. The van der Waals surface area contributed by atoms with Gasteiger partial charge in [-0.1, -0.05) is 218 Å². The van der Waals surface area contributed by atoms with Gasteiger partial charge in [0.05, 0.1) is 6.61 Å². The minimum atomic E-state index is -4.75. The molecule has 0 bridgehead atoms. The summed E-state index contributed by atoms with van der Waals surface area (Å²) in [5.41, 5.74) is 0. The van der Waals surface area contributed by atoms with Crippen molar-refractivity contribution in [2.75, 3.05) is 13.2 Å². The summed E-state index contributed by atoms with van der Waals surface area (Å²) in [6.45, 7) is 5.24. The first-order valence-corrected chi connectivity index (χ1v) is 25.0. The van der Waals surface area contributed by atoms with E-state index < -0.39 is 32.5 Å². The van der Waals surface area contributed by atoms with Crippen LogP contribution in [-0.4, -0.2) is 41.0 Å². The highest BCUT2D eigenvalue weighted by Crippen LogP contribution is 2.36. The monoisotopic (exact) mass is 801 g/mol. The molecule has 0 fully saturated rings. The predicted molar refractivity (Wildman–Crippen MR) is 230 cm³/mol. The number of phosphoric acid groups is 1. The Morgan fingerprint density at radius 2 is 0.800 bits per heavy atom. The third-order valence-corrected chi connectivity index (χ3v) is 11.2. The van der Waals surface area contributed by atoms with Crippen molar-refractivity contribution in [2.24, 2.45) is 0 Å². The molecule has 0 aromatic heterocycles.